The van der Waals surface area contributed by atoms with E-state index in [4.69, 9.17) is 11.6 Å². The van der Waals surface area contributed by atoms with Crippen LogP contribution in [0.4, 0.5) is 0 Å². The normalized spacial score (nSPS) is 13.9. The van der Waals surface area contributed by atoms with Gasteiger partial charge in [0.25, 0.3) is 0 Å². The number of aromatic nitrogens is 1. The minimum Gasteiger partial charge on any atom is -0.302 e. The van der Waals surface area contributed by atoms with E-state index >= 15 is 0 Å². The number of pyridine rings is 1. The third-order valence-corrected chi connectivity index (χ3v) is 3.68. The molecular formula is C17H21ClN2. The minimum atomic E-state index is 0.225. The predicted molar refractivity (Wildman–Crippen MR) is 84.9 cm³/mol. The van der Waals surface area contributed by atoms with Gasteiger partial charge in [0.15, 0.2) is 0 Å². The summed E-state index contributed by atoms with van der Waals surface area (Å²) in [4.78, 5) is 4.42. The number of hydrogen-bond acceptors (Lipinski definition) is 2. The van der Waals surface area contributed by atoms with Gasteiger partial charge in [-0.15, -0.1) is 0 Å². The smallest absolute Gasteiger partial charge is 0.0570 e. The Hall–Kier alpha value is -1.38. The molecule has 106 valence electrons. The third-order valence-electron chi connectivity index (χ3n) is 3.43. The molecule has 2 aromatic rings. The van der Waals surface area contributed by atoms with Crippen LogP contribution in [-0.4, -0.2) is 4.98 Å². The summed E-state index contributed by atoms with van der Waals surface area (Å²) in [5, 5.41) is 4.44. The largest absolute Gasteiger partial charge is 0.302 e. The lowest BCUT2D eigenvalue weighted by Gasteiger charge is -2.23. The van der Waals surface area contributed by atoms with E-state index in [2.05, 4.69) is 42.3 Å². The van der Waals surface area contributed by atoms with Gasteiger partial charge in [0, 0.05) is 23.3 Å². The summed E-state index contributed by atoms with van der Waals surface area (Å²) in [6.45, 7) is 4.36. The van der Waals surface area contributed by atoms with E-state index in [1.807, 2.05) is 30.5 Å². The molecular weight excluding hydrogens is 268 g/mol. The average Bonchev–Trinajstić information content (AvgIpc) is 2.48. The van der Waals surface area contributed by atoms with Crippen LogP contribution in [0.25, 0.3) is 0 Å². The molecule has 3 heteroatoms. The zero-order valence-corrected chi connectivity index (χ0v) is 12.8. The van der Waals surface area contributed by atoms with Crippen LogP contribution < -0.4 is 5.32 Å². The van der Waals surface area contributed by atoms with E-state index in [9.17, 15) is 0 Å². The Kier molecular flexibility index (Phi) is 5.57. The van der Waals surface area contributed by atoms with Crippen molar-refractivity contribution in [3.8, 4) is 0 Å². The number of nitrogens with zero attached hydrogens (tertiary/aromatic N) is 1. The van der Waals surface area contributed by atoms with Crippen molar-refractivity contribution in [3.05, 3.63) is 64.9 Å². The summed E-state index contributed by atoms with van der Waals surface area (Å²) >= 11 is 5.96. The fourth-order valence-corrected chi connectivity index (χ4v) is 2.48. The third kappa shape index (κ3) is 4.06. The molecule has 0 aliphatic rings. The van der Waals surface area contributed by atoms with Gasteiger partial charge >= 0.3 is 0 Å². The van der Waals surface area contributed by atoms with Crippen molar-refractivity contribution < 1.29 is 0 Å². The molecule has 0 fully saturated rings. The summed E-state index contributed by atoms with van der Waals surface area (Å²) in [6, 6.07) is 14.7. The number of hydrogen-bond donors (Lipinski definition) is 1. The van der Waals surface area contributed by atoms with Crippen molar-refractivity contribution in [1.82, 2.24) is 10.3 Å². The molecule has 0 aliphatic heterocycles. The highest BCUT2D eigenvalue weighted by atomic mass is 35.5. The van der Waals surface area contributed by atoms with Gasteiger partial charge in [-0.3, -0.25) is 4.98 Å². The first-order chi connectivity index (χ1) is 9.70. The van der Waals surface area contributed by atoms with Crippen LogP contribution in [0.15, 0.2) is 48.7 Å². The lowest BCUT2D eigenvalue weighted by Crippen LogP contribution is -2.25. The Bertz CT molecular complexity index is 510. The zero-order chi connectivity index (χ0) is 14.4. The molecule has 0 bridgehead atoms. The molecule has 2 rings (SSSR count). The second-order valence-corrected chi connectivity index (χ2v) is 5.47. The Morgan fingerprint density at radius 1 is 1.15 bits per heavy atom. The molecule has 1 unspecified atom stereocenters. The van der Waals surface area contributed by atoms with Gasteiger partial charge in [-0.25, -0.2) is 0 Å². The van der Waals surface area contributed by atoms with E-state index in [-0.39, 0.29) is 6.04 Å². The molecule has 1 N–H and O–H groups in total. The van der Waals surface area contributed by atoms with Crippen LogP contribution in [0.3, 0.4) is 0 Å². The highest BCUT2D eigenvalue weighted by molar-refractivity contribution is 6.30. The van der Waals surface area contributed by atoms with Gasteiger partial charge in [0.1, 0.15) is 0 Å². The first kappa shape index (κ1) is 15.0. The number of nitrogens with one attached hydrogen (secondary N) is 1. The summed E-state index contributed by atoms with van der Waals surface area (Å²) in [7, 11) is 0. The van der Waals surface area contributed by atoms with Crippen molar-refractivity contribution in [3.63, 3.8) is 0 Å². The SMILES string of the molecule is CCCC(N[C@H](C)c1ccccn1)c1ccc(Cl)cc1. The van der Waals surface area contributed by atoms with Gasteiger partial charge in [-0.05, 0) is 43.2 Å². The molecule has 2 nitrogen and oxygen atoms in total. The van der Waals surface area contributed by atoms with Crippen molar-refractivity contribution in [1.29, 1.82) is 0 Å². The first-order valence-electron chi connectivity index (χ1n) is 7.13. The zero-order valence-electron chi connectivity index (χ0n) is 12.0. The van der Waals surface area contributed by atoms with Crippen molar-refractivity contribution >= 4 is 11.6 Å². The van der Waals surface area contributed by atoms with E-state index < -0.39 is 0 Å². The second kappa shape index (κ2) is 7.41. The highest BCUT2D eigenvalue weighted by Crippen LogP contribution is 2.24. The van der Waals surface area contributed by atoms with Gasteiger partial charge in [0.05, 0.1) is 5.69 Å². The molecule has 0 amide bonds. The van der Waals surface area contributed by atoms with Crippen LogP contribution >= 0.6 is 11.6 Å². The molecule has 20 heavy (non-hydrogen) atoms. The summed E-state index contributed by atoms with van der Waals surface area (Å²) in [6.07, 6.45) is 4.07. The van der Waals surface area contributed by atoms with Crippen LogP contribution in [0.5, 0.6) is 0 Å². The Morgan fingerprint density at radius 3 is 2.50 bits per heavy atom. The van der Waals surface area contributed by atoms with E-state index in [0.29, 0.717) is 6.04 Å². The molecule has 0 aliphatic carbocycles. The lowest BCUT2D eigenvalue weighted by molar-refractivity contribution is 0.434. The number of benzene rings is 1. The first-order valence-corrected chi connectivity index (χ1v) is 7.51. The van der Waals surface area contributed by atoms with Gasteiger partial charge in [-0.2, -0.15) is 0 Å². The second-order valence-electron chi connectivity index (χ2n) is 5.04. The maximum absolute atomic E-state index is 5.96. The van der Waals surface area contributed by atoms with Crippen LogP contribution in [0.1, 0.15) is 50.0 Å². The molecule has 2 atom stereocenters. The summed E-state index contributed by atoms with van der Waals surface area (Å²) < 4.78 is 0. The van der Waals surface area contributed by atoms with Crippen LogP contribution in [-0.2, 0) is 0 Å². The molecule has 1 aromatic heterocycles. The molecule has 0 radical (unpaired) electrons. The Balaban J connectivity index is 2.11. The van der Waals surface area contributed by atoms with E-state index in [1.54, 1.807) is 0 Å². The number of rotatable bonds is 6. The minimum absolute atomic E-state index is 0.225. The quantitative estimate of drug-likeness (QED) is 0.815. The fraction of sp³-hybridized carbons (Fsp3) is 0.353. The molecule has 0 saturated carbocycles. The van der Waals surface area contributed by atoms with E-state index in [0.717, 1.165) is 23.6 Å². The predicted octanol–water partition coefficient (Wildman–Crippen LogP) is 4.93. The van der Waals surface area contributed by atoms with Crippen LogP contribution in [0.2, 0.25) is 5.02 Å². The standard InChI is InChI=1S/C17H21ClN2/c1-3-6-17(14-8-10-15(18)11-9-14)20-13(2)16-7-4-5-12-19-16/h4-5,7-13,17,20H,3,6H2,1-2H3/t13-,17?/m1/s1. The Morgan fingerprint density at radius 2 is 1.90 bits per heavy atom. The molecule has 0 spiro atoms. The highest BCUT2D eigenvalue weighted by Gasteiger charge is 2.15. The lowest BCUT2D eigenvalue weighted by atomic mass is 10.0. The van der Waals surface area contributed by atoms with Gasteiger partial charge in [0.2, 0.25) is 0 Å². The average molecular weight is 289 g/mol. The van der Waals surface area contributed by atoms with Crippen molar-refractivity contribution in [2.24, 2.45) is 0 Å². The summed E-state index contributed by atoms with van der Waals surface area (Å²) in [5.74, 6) is 0. The molecule has 1 aromatic carbocycles. The van der Waals surface area contributed by atoms with Gasteiger partial charge in [-0.1, -0.05) is 43.1 Å². The van der Waals surface area contributed by atoms with Crippen molar-refractivity contribution in [2.45, 2.75) is 38.8 Å². The number of halogens is 1. The maximum Gasteiger partial charge on any atom is 0.0570 e. The van der Waals surface area contributed by atoms with Crippen molar-refractivity contribution in [2.75, 3.05) is 0 Å². The Labute approximate surface area is 126 Å². The fourth-order valence-electron chi connectivity index (χ4n) is 2.35. The van der Waals surface area contributed by atoms with Gasteiger partial charge < -0.3 is 5.32 Å². The maximum atomic E-state index is 5.96. The summed E-state index contributed by atoms with van der Waals surface area (Å²) in [5.41, 5.74) is 2.35. The monoisotopic (exact) mass is 288 g/mol. The molecule has 0 saturated heterocycles. The van der Waals surface area contributed by atoms with E-state index in [1.165, 1.54) is 5.56 Å². The topological polar surface area (TPSA) is 24.9 Å². The molecule has 1 heterocycles. The van der Waals surface area contributed by atoms with Crippen LogP contribution in [0, 0.1) is 0 Å².